The summed E-state index contributed by atoms with van der Waals surface area (Å²) in [7, 11) is 0. The molecule has 0 radical (unpaired) electrons. The molecule has 7 nitrogen and oxygen atoms in total. The van der Waals surface area contributed by atoms with Gasteiger partial charge in [0, 0.05) is 25.0 Å². The Labute approximate surface area is 200 Å². The van der Waals surface area contributed by atoms with Crippen LogP contribution in [-0.4, -0.2) is 35.8 Å². The Morgan fingerprint density at radius 1 is 1.00 bits per heavy atom. The third-order valence-corrected chi connectivity index (χ3v) is 6.88. The molecule has 2 atom stereocenters. The molecule has 2 saturated heterocycles. The standard InChI is InChI=1S/C27H31N5O2/c1-20(21-11-13-23(14-12-21)31-17-7-4-8-18-31)29-25-28-16-15-24(30-25)32-26(33)34-19-27(32,2)22-9-5-3-6-10-22/h3,5-6,9-16,20H,4,7-8,17-19H2,1-2H3,(H,28,29,30)/t20-,27?/m1/s1. The second kappa shape index (κ2) is 9.33. The molecule has 5 rings (SSSR count). The number of anilines is 3. The van der Waals surface area contributed by atoms with Gasteiger partial charge in [0.05, 0.1) is 6.04 Å². The summed E-state index contributed by atoms with van der Waals surface area (Å²) in [6.07, 6.45) is 5.13. The van der Waals surface area contributed by atoms with Crippen molar-refractivity contribution in [3.8, 4) is 0 Å². The number of nitrogens with one attached hydrogen (secondary N) is 1. The molecule has 34 heavy (non-hydrogen) atoms. The molecule has 176 valence electrons. The van der Waals surface area contributed by atoms with E-state index in [1.54, 1.807) is 17.2 Å². The minimum absolute atomic E-state index is 0.0108. The van der Waals surface area contributed by atoms with Gasteiger partial charge in [0.2, 0.25) is 5.95 Å². The highest BCUT2D eigenvalue weighted by Gasteiger charge is 2.46. The first-order chi connectivity index (χ1) is 16.5. The van der Waals surface area contributed by atoms with Crippen LogP contribution >= 0.6 is 0 Å². The molecular weight excluding hydrogens is 426 g/mol. The lowest BCUT2D eigenvalue weighted by atomic mass is 9.92. The number of hydrogen-bond acceptors (Lipinski definition) is 6. The van der Waals surface area contributed by atoms with Crippen LogP contribution in [0.15, 0.2) is 66.9 Å². The van der Waals surface area contributed by atoms with E-state index in [0.29, 0.717) is 11.8 Å². The summed E-state index contributed by atoms with van der Waals surface area (Å²) in [6, 6.07) is 20.4. The minimum atomic E-state index is -0.639. The number of aromatic nitrogens is 2. The summed E-state index contributed by atoms with van der Waals surface area (Å²) in [5.41, 5.74) is 2.79. The first kappa shape index (κ1) is 22.2. The molecule has 0 spiro atoms. The van der Waals surface area contributed by atoms with Crippen LogP contribution in [0, 0.1) is 0 Å². The zero-order valence-electron chi connectivity index (χ0n) is 19.8. The first-order valence-electron chi connectivity index (χ1n) is 12.0. The summed E-state index contributed by atoms with van der Waals surface area (Å²) in [4.78, 5) is 25.9. The van der Waals surface area contributed by atoms with Crippen molar-refractivity contribution in [1.82, 2.24) is 9.97 Å². The van der Waals surface area contributed by atoms with Crippen LogP contribution in [0.4, 0.5) is 22.2 Å². The lowest BCUT2D eigenvalue weighted by molar-refractivity contribution is 0.174. The van der Waals surface area contributed by atoms with Crippen LogP contribution in [-0.2, 0) is 10.3 Å². The fourth-order valence-electron chi connectivity index (χ4n) is 4.83. The summed E-state index contributed by atoms with van der Waals surface area (Å²) in [5.74, 6) is 0.985. The molecule has 0 bridgehead atoms. The van der Waals surface area contributed by atoms with Gasteiger partial charge >= 0.3 is 6.09 Å². The van der Waals surface area contributed by atoms with Crippen molar-refractivity contribution in [3.63, 3.8) is 0 Å². The minimum Gasteiger partial charge on any atom is -0.446 e. The second-order valence-corrected chi connectivity index (χ2v) is 9.27. The van der Waals surface area contributed by atoms with Crippen molar-refractivity contribution in [2.75, 3.05) is 34.8 Å². The van der Waals surface area contributed by atoms with E-state index >= 15 is 0 Å². The van der Waals surface area contributed by atoms with Crippen LogP contribution < -0.4 is 15.1 Å². The molecule has 3 aromatic rings. The Bertz CT molecular complexity index is 1130. The summed E-state index contributed by atoms with van der Waals surface area (Å²) in [5, 5.41) is 3.39. The number of cyclic esters (lactones) is 1. The predicted molar refractivity (Wildman–Crippen MR) is 134 cm³/mol. The largest absolute Gasteiger partial charge is 0.446 e. The zero-order chi connectivity index (χ0) is 23.5. The van der Waals surface area contributed by atoms with Crippen LogP contribution in [0.1, 0.15) is 50.3 Å². The molecule has 1 amide bonds. The Kier molecular flexibility index (Phi) is 6.09. The molecular formula is C27H31N5O2. The van der Waals surface area contributed by atoms with Crippen LogP contribution in [0.5, 0.6) is 0 Å². The summed E-state index contributed by atoms with van der Waals surface area (Å²) >= 11 is 0. The normalized spacial score (nSPS) is 21.3. The van der Waals surface area contributed by atoms with Gasteiger partial charge in [0.1, 0.15) is 18.0 Å². The van der Waals surface area contributed by atoms with E-state index in [1.807, 2.05) is 37.3 Å². The van der Waals surface area contributed by atoms with Crippen LogP contribution in [0.2, 0.25) is 0 Å². The summed E-state index contributed by atoms with van der Waals surface area (Å²) < 4.78 is 5.44. The maximum Gasteiger partial charge on any atom is 0.416 e. The van der Waals surface area contributed by atoms with Crippen molar-refractivity contribution < 1.29 is 9.53 Å². The van der Waals surface area contributed by atoms with Gasteiger partial charge < -0.3 is 15.0 Å². The highest BCUT2D eigenvalue weighted by atomic mass is 16.6. The SMILES string of the molecule is C[C@@H](Nc1nccc(N2C(=O)OCC2(C)c2ccccc2)n1)c1ccc(N2CCCCC2)cc1. The maximum atomic E-state index is 12.7. The number of hydrogen-bond donors (Lipinski definition) is 1. The molecule has 3 heterocycles. The van der Waals surface area contributed by atoms with Gasteiger partial charge in [-0.15, -0.1) is 0 Å². The number of piperidine rings is 1. The Hall–Kier alpha value is -3.61. The van der Waals surface area contributed by atoms with Crippen molar-refractivity contribution in [3.05, 3.63) is 78.0 Å². The highest BCUT2D eigenvalue weighted by Crippen LogP contribution is 2.37. The molecule has 2 aliphatic heterocycles. The summed E-state index contributed by atoms with van der Waals surface area (Å²) in [6.45, 7) is 6.62. The average molecular weight is 458 g/mol. The van der Waals surface area contributed by atoms with Gasteiger partial charge in [-0.05, 0) is 62.4 Å². The predicted octanol–water partition coefficient (Wildman–Crippen LogP) is 5.51. The van der Waals surface area contributed by atoms with Crippen LogP contribution in [0.25, 0.3) is 0 Å². The van der Waals surface area contributed by atoms with Gasteiger partial charge in [-0.1, -0.05) is 42.5 Å². The Balaban J connectivity index is 1.33. The van der Waals surface area contributed by atoms with Crippen molar-refractivity contribution >= 4 is 23.5 Å². The quantitative estimate of drug-likeness (QED) is 0.526. The molecule has 2 aliphatic rings. The molecule has 7 heteroatoms. The smallest absolute Gasteiger partial charge is 0.416 e. The van der Waals surface area contributed by atoms with Crippen molar-refractivity contribution in [1.29, 1.82) is 0 Å². The van der Waals surface area contributed by atoms with E-state index < -0.39 is 11.6 Å². The van der Waals surface area contributed by atoms with E-state index in [4.69, 9.17) is 4.74 Å². The number of carbonyl (C=O) groups is 1. The number of carbonyl (C=O) groups excluding carboxylic acids is 1. The number of benzene rings is 2. The lowest BCUT2D eigenvalue weighted by Crippen LogP contribution is -2.42. The highest BCUT2D eigenvalue weighted by molar-refractivity contribution is 5.90. The second-order valence-electron chi connectivity index (χ2n) is 9.27. The Morgan fingerprint density at radius 2 is 1.74 bits per heavy atom. The van der Waals surface area contributed by atoms with E-state index in [9.17, 15) is 4.79 Å². The van der Waals surface area contributed by atoms with Gasteiger partial charge in [0.15, 0.2) is 0 Å². The molecule has 1 aromatic heterocycles. The molecule has 2 aromatic carbocycles. The number of amides is 1. The fraction of sp³-hybridized carbons (Fsp3) is 0.370. The van der Waals surface area contributed by atoms with Gasteiger partial charge in [0.25, 0.3) is 0 Å². The Morgan fingerprint density at radius 3 is 2.47 bits per heavy atom. The van der Waals surface area contributed by atoms with E-state index in [1.165, 1.54) is 24.9 Å². The van der Waals surface area contributed by atoms with Crippen LogP contribution in [0.3, 0.4) is 0 Å². The topological polar surface area (TPSA) is 70.6 Å². The van der Waals surface area contributed by atoms with E-state index in [2.05, 4.69) is 51.4 Å². The molecule has 1 N–H and O–H groups in total. The molecule has 2 fully saturated rings. The monoisotopic (exact) mass is 457 g/mol. The first-order valence-corrected chi connectivity index (χ1v) is 12.0. The number of nitrogens with zero attached hydrogens (tertiary/aromatic N) is 4. The van der Waals surface area contributed by atoms with E-state index in [0.717, 1.165) is 24.2 Å². The van der Waals surface area contributed by atoms with Gasteiger partial charge in [-0.25, -0.2) is 14.7 Å². The average Bonchev–Trinajstić information content (AvgIpc) is 3.20. The zero-order valence-corrected chi connectivity index (χ0v) is 19.8. The maximum absolute atomic E-state index is 12.7. The molecule has 0 saturated carbocycles. The number of ether oxygens (including phenoxy) is 1. The number of rotatable bonds is 6. The van der Waals surface area contributed by atoms with Gasteiger partial charge in [-0.2, -0.15) is 4.98 Å². The third kappa shape index (κ3) is 4.30. The third-order valence-electron chi connectivity index (χ3n) is 6.88. The van der Waals surface area contributed by atoms with Crippen molar-refractivity contribution in [2.24, 2.45) is 0 Å². The van der Waals surface area contributed by atoms with Gasteiger partial charge in [-0.3, -0.25) is 0 Å². The molecule has 1 unspecified atom stereocenters. The van der Waals surface area contributed by atoms with Crippen molar-refractivity contribution in [2.45, 2.75) is 44.7 Å². The van der Waals surface area contributed by atoms with E-state index in [-0.39, 0.29) is 12.6 Å². The fourth-order valence-corrected chi connectivity index (χ4v) is 4.83. The lowest BCUT2D eigenvalue weighted by Gasteiger charge is -2.31. The molecule has 0 aliphatic carbocycles.